The van der Waals surface area contributed by atoms with E-state index in [-0.39, 0.29) is 17.3 Å². The first-order chi connectivity index (χ1) is 11.0. The number of aromatic nitrogens is 1. The molecule has 4 aliphatic carbocycles. The number of carbonyl (C=O) groups is 2. The number of carboxylic acid groups (broad SMARTS) is 1. The van der Waals surface area contributed by atoms with Crippen molar-refractivity contribution in [1.82, 2.24) is 9.88 Å². The molecule has 0 saturated heterocycles. The van der Waals surface area contributed by atoms with Crippen LogP contribution in [0.25, 0.3) is 0 Å². The fraction of sp³-hybridized carbons (Fsp3) is 0.611. The standard InChI is InChI=1S/C18H22N2O3/c1-20(17(21)14-3-2-4-15(19-14)18(22)23)16-12-6-10-5-11(8-12)9-13(16)7-10/h2-4,10-13,16H,5-9H2,1H3,(H,22,23). The predicted molar refractivity (Wildman–Crippen MR) is 84.1 cm³/mol. The second-order valence-corrected chi connectivity index (χ2v) is 7.55. The molecular formula is C18H22N2O3. The lowest BCUT2D eigenvalue weighted by atomic mass is 9.54. The van der Waals surface area contributed by atoms with Crippen molar-refractivity contribution in [3.8, 4) is 0 Å². The van der Waals surface area contributed by atoms with Crippen LogP contribution in [0, 0.1) is 23.7 Å². The molecule has 1 amide bonds. The molecule has 5 nitrogen and oxygen atoms in total. The van der Waals surface area contributed by atoms with Crippen molar-refractivity contribution >= 4 is 11.9 Å². The second kappa shape index (κ2) is 5.32. The lowest BCUT2D eigenvalue weighted by molar-refractivity contribution is -0.0492. The fourth-order valence-corrected chi connectivity index (χ4v) is 5.52. The van der Waals surface area contributed by atoms with Crippen LogP contribution < -0.4 is 0 Å². The van der Waals surface area contributed by atoms with E-state index in [4.69, 9.17) is 5.11 Å². The Bertz CT molecular complexity index is 629. The summed E-state index contributed by atoms with van der Waals surface area (Å²) in [5.74, 6) is 1.71. The van der Waals surface area contributed by atoms with E-state index in [0.717, 1.165) is 11.8 Å². The number of carbonyl (C=O) groups excluding carboxylic acids is 1. The average molecular weight is 314 g/mol. The zero-order valence-corrected chi connectivity index (χ0v) is 13.3. The summed E-state index contributed by atoms with van der Waals surface area (Å²) in [6.45, 7) is 0. The van der Waals surface area contributed by atoms with Crippen molar-refractivity contribution in [3.05, 3.63) is 29.6 Å². The quantitative estimate of drug-likeness (QED) is 0.931. The van der Waals surface area contributed by atoms with Gasteiger partial charge < -0.3 is 10.0 Å². The van der Waals surface area contributed by atoms with Crippen LogP contribution in [0.15, 0.2) is 18.2 Å². The highest BCUT2D eigenvalue weighted by atomic mass is 16.4. The molecule has 4 fully saturated rings. The zero-order valence-electron chi connectivity index (χ0n) is 13.3. The first-order valence-corrected chi connectivity index (χ1v) is 8.50. The first kappa shape index (κ1) is 14.7. The van der Waals surface area contributed by atoms with E-state index in [9.17, 15) is 9.59 Å². The number of hydrogen-bond donors (Lipinski definition) is 1. The van der Waals surface area contributed by atoms with Crippen LogP contribution in [-0.2, 0) is 0 Å². The molecule has 1 N–H and O–H groups in total. The molecular weight excluding hydrogens is 292 g/mol. The summed E-state index contributed by atoms with van der Waals surface area (Å²) in [6.07, 6.45) is 6.38. The number of aromatic carboxylic acids is 1. The molecule has 4 bridgehead atoms. The van der Waals surface area contributed by atoms with Gasteiger partial charge in [-0.2, -0.15) is 0 Å². The van der Waals surface area contributed by atoms with Gasteiger partial charge in [-0.15, -0.1) is 0 Å². The lowest BCUT2D eigenvalue weighted by Crippen LogP contribution is -2.56. The number of amides is 1. The Morgan fingerprint density at radius 3 is 2.17 bits per heavy atom. The molecule has 4 saturated carbocycles. The molecule has 23 heavy (non-hydrogen) atoms. The smallest absolute Gasteiger partial charge is 0.354 e. The minimum atomic E-state index is -1.10. The number of hydrogen-bond acceptors (Lipinski definition) is 3. The molecule has 1 heterocycles. The van der Waals surface area contributed by atoms with Crippen LogP contribution in [0.4, 0.5) is 0 Å². The molecule has 0 spiro atoms. The van der Waals surface area contributed by atoms with Crippen LogP contribution in [0.2, 0.25) is 0 Å². The zero-order chi connectivity index (χ0) is 16.1. The molecule has 4 aliphatic rings. The number of pyridine rings is 1. The topological polar surface area (TPSA) is 70.5 Å². The minimum absolute atomic E-state index is 0.0747. The Kier molecular flexibility index (Phi) is 3.39. The maximum absolute atomic E-state index is 12.8. The Balaban J connectivity index is 1.57. The van der Waals surface area contributed by atoms with E-state index in [1.165, 1.54) is 38.2 Å². The third-order valence-electron chi connectivity index (χ3n) is 6.13. The van der Waals surface area contributed by atoms with Crippen molar-refractivity contribution in [2.75, 3.05) is 7.05 Å². The van der Waals surface area contributed by atoms with Gasteiger partial charge in [-0.3, -0.25) is 4.79 Å². The Morgan fingerprint density at radius 1 is 1.04 bits per heavy atom. The fourth-order valence-electron chi connectivity index (χ4n) is 5.52. The normalized spacial score (nSPS) is 34.4. The van der Waals surface area contributed by atoms with Gasteiger partial charge in [0.2, 0.25) is 0 Å². The third kappa shape index (κ3) is 2.42. The van der Waals surface area contributed by atoms with Gasteiger partial charge in [-0.1, -0.05) is 6.07 Å². The maximum atomic E-state index is 12.8. The highest BCUT2D eigenvalue weighted by Crippen LogP contribution is 2.55. The summed E-state index contributed by atoms with van der Waals surface area (Å²) in [5, 5.41) is 9.06. The summed E-state index contributed by atoms with van der Waals surface area (Å²) >= 11 is 0. The van der Waals surface area contributed by atoms with Crippen LogP contribution in [0.3, 0.4) is 0 Å². The van der Waals surface area contributed by atoms with Gasteiger partial charge in [0.05, 0.1) is 0 Å². The largest absolute Gasteiger partial charge is 0.477 e. The van der Waals surface area contributed by atoms with Gasteiger partial charge in [0.25, 0.3) is 5.91 Å². The molecule has 122 valence electrons. The van der Waals surface area contributed by atoms with Gasteiger partial charge in [0.15, 0.2) is 0 Å². The average Bonchev–Trinajstić information content (AvgIpc) is 2.53. The van der Waals surface area contributed by atoms with Crippen LogP contribution in [0.1, 0.15) is 53.1 Å². The summed E-state index contributed by atoms with van der Waals surface area (Å²) in [6, 6.07) is 4.92. The maximum Gasteiger partial charge on any atom is 0.354 e. The van der Waals surface area contributed by atoms with Crippen LogP contribution >= 0.6 is 0 Å². The molecule has 5 heteroatoms. The van der Waals surface area contributed by atoms with Gasteiger partial charge in [0.1, 0.15) is 11.4 Å². The predicted octanol–water partition coefficient (Wildman–Crippen LogP) is 2.68. The highest BCUT2D eigenvalue weighted by molar-refractivity contribution is 5.94. The van der Waals surface area contributed by atoms with Gasteiger partial charge in [0, 0.05) is 13.1 Å². The van der Waals surface area contributed by atoms with E-state index >= 15 is 0 Å². The van der Waals surface area contributed by atoms with E-state index in [2.05, 4.69) is 4.98 Å². The number of nitrogens with zero attached hydrogens (tertiary/aromatic N) is 2. The van der Waals surface area contributed by atoms with E-state index < -0.39 is 5.97 Å². The molecule has 1 aromatic rings. The molecule has 0 unspecified atom stereocenters. The third-order valence-corrected chi connectivity index (χ3v) is 6.13. The van der Waals surface area contributed by atoms with Gasteiger partial charge >= 0.3 is 5.97 Å². The first-order valence-electron chi connectivity index (χ1n) is 8.50. The molecule has 0 radical (unpaired) electrons. The molecule has 0 aliphatic heterocycles. The highest BCUT2D eigenvalue weighted by Gasteiger charge is 2.50. The second-order valence-electron chi connectivity index (χ2n) is 7.55. The SMILES string of the molecule is CN(C(=O)c1cccc(C(=O)O)n1)C1C2CC3CC(C2)CC1C3. The van der Waals surface area contributed by atoms with Crippen LogP contribution in [0.5, 0.6) is 0 Å². The molecule has 1 aromatic heterocycles. The lowest BCUT2D eigenvalue weighted by Gasteiger charge is -2.56. The summed E-state index contributed by atoms with van der Waals surface area (Å²) in [7, 11) is 1.87. The van der Waals surface area contributed by atoms with Crippen molar-refractivity contribution in [2.24, 2.45) is 23.7 Å². The minimum Gasteiger partial charge on any atom is -0.477 e. The van der Waals surface area contributed by atoms with Crippen molar-refractivity contribution in [1.29, 1.82) is 0 Å². The number of carboxylic acids is 1. The summed E-state index contributed by atoms with van der Waals surface area (Å²) in [5.41, 5.74) is 0.163. The van der Waals surface area contributed by atoms with Gasteiger partial charge in [-0.25, -0.2) is 9.78 Å². The van der Waals surface area contributed by atoms with Gasteiger partial charge in [-0.05, 0) is 67.9 Å². The van der Waals surface area contributed by atoms with E-state index in [1.54, 1.807) is 12.1 Å². The van der Waals surface area contributed by atoms with E-state index in [1.807, 2.05) is 11.9 Å². The monoisotopic (exact) mass is 314 g/mol. The Labute approximate surface area is 135 Å². The van der Waals surface area contributed by atoms with Crippen molar-refractivity contribution in [3.63, 3.8) is 0 Å². The van der Waals surface area contributed by atoms with Crippen molar-refractivity contribution < 1.29 is 14.7 Å². The van der Waals surface area contributed by atoms with Crippen molar-refractivity contribution in [2.45, 2.75) is 38.1 Å². The molecule has 0 atom stereocenters. The summed E-state index contributed by atoms with van der Waals surface area (Å²) < 4.78 is 0. The van der Waals surface area contributed by atoms with E-state index in [0.29, 0.717) is 17.9 Å². The van der Waals surface area contributed by atoms with Crippen LogP contribution in [-0.4, -0.2) is 40.0 Å². The number of rotatable bonds is 3. The Morgan fingerprint density at radius 2 is 1.61 bits per heavy atom. The molecule has 0 aromatic carbocycles. The molecule has 5 rings (SSSR count). The Hall–Kier alpha value is -1.91. The summed E-state index contributed by atoms with van der Waals surface area (Å²) in [4.78, 5) is 29.7.